The molecular weight excluding hydrogens is 216 g/mol. The maximum Gasteiger partial charge on any atom is 0.338 e. The number of hydrogen-bond acceptors (Lipinski definition) is 3. The Morgan fingerprint density at radius 2 is 1.76 bits per heavy atom. The van der Waals surface area contributed by atoms with E-state index in [-0.39, 0.29) is 0 Å². The largest absolute Gasteiger partial charge is 0.464 e. The van der Waals surface area contributed by atoms with Crippen LogP contribution in [0.25, 0.3) is 0 Å². The molecule has 0 saturated heterocycles. The van der Waals surface area contributed by atoms with Crippen LogP contribution >= 0.6 is 0 Å². The zero-order valence-corrected chi connectivity index (χ0v) is 10.5. The topological polar surface area (TPSA) is 46.5 Å². The van der Waals surface area contributed by atoms with E-state index in [4.69, 9.17) is 4.74 Å². The van der Waals surface area contributed by atoms with E-state index in [1.165, 1.54) is 11.1 Å². The van der Waals surface area contributed by atoms with Gasteiger partial charge < -0.3 is 9.84 Å². The first-order chi connectivity index (χ1) is 7.96. The smallest absolute Gasteiger partial charge is 0.338 e. The summed E-state index contributed by atoms with van der Waals surface area (Å²) in [5.74, 6) is -0.508. The number of esters is 1. The number of hydrogen-bond donors (Lipinski definition) is 1. The average Bonchev–Trinajstić information content (AvgIpc) is 2.57. The second kappa shape index (κ2) is 4.15. The van der Waals surface area contributed by atoms with Gasteiger partial charge in [0.2, 0.25) is 0 Å². The molecule has 0 fully saturated rings. The molecule has 0 aliphatic heterocycles. The van der Waals surface area contributed by atoms with Crippen LogP contribution in [0.2, 0.25) is 0 Å². The summed E-state index contributed by atoms with van der Waals surface area (Å²) in [7, 11) is 0. The lowest BCUT2D eigenvalue weighted by atomic mass is 10.0. The highest BCUT2D eigenvalue weighted by Crippen LogP contribution is 2.32. The number of ether oxygens (including phenoxy) is 1. The molecule has 1 aromatic rings. The van der Waals surface area contributed by atoms with Crippen molar-refractivity contribution in [1.29, 1.82) is 0 Å². The molecule has 1 aliphatic carbocycles. The van der Waals surface area contributed by atoms with E-state index in [1.807, 2.05) is 13.8 Å². The van der Waals surface area contributed by atoms with E-state index in [0.29, 0.717) is 19.4 Å². The predicted molar refractivity (Wildman–Crippen MR) is 64.9 cm³/mol. The van der Waals surface area contributed by atoms with Crippen molar-refractivity contribution >= 4 is 5.97 Å². The molecule has 1 aromatic carbocycles. The van der Waals surface area contributed by atoms with Crippen molar-refractivity contribution in [3.05, 3.63) is 34.4 Å². The summed E-state index contributed by atoms with van der Waals surface area (Å²) in [4.78, 5) is 11.7. The van der Waals surface area contributed by atoms with Crippen LogP contribution in [0.4, 0.5) is 0 Å². The lowest BCUT2D eigenvalue weighted by molar-refractivity contribution is -0.163. The van der Waals surface area contributed by atoms with Crippen LogP contribution in [0.5, 0.6) is 0 Å². The van der Waals surface area contributed by atoms with Crippen LogP contribution in [0, 0.1) is 13.8 Å². The highest BCUT2D eigenvalue weighted by Gasteiger charge is 2.43. The van der Waals surface area contributed by atoms with Gasteiger partial charge in [0.15, 0.2) is 5.60 Å². The first-order valence-corrected chi connectivity index (χ1v) is 5.95. The van der Waals surface area contributed by atoms with Crippen LogP contribution in [-0.2, 0) is 22.4 Å². The van der Waals surface area contributed by atoms with Crippen LogP contribution in [-0.4, -0.2) is 23.3 Å². The zero-order chi connectivity index (χ0) is 12.6. The van der Waals surface area contributed by atoms with E-state index >= 15 is 0 Å². The Bertz CT molecular complexity index is 432. The zero-order valence-electron chi connectivity index (χ0n) is 10.5. The van der Waals surface area contributed by atoms with Crippen molar-refractivity contribution in [1.82, 2.24) is 0 Å². The Morgan fingerprint density at radius 1 is 1.29 bits per heavy atom. The minimum Gasteiger partial charge on any atom is -0.464 e. The first kappa shape index (κ1) is 12.1. The van der Waals surface area contributed by atoms with Crippen LogP contribution in [0.15, 0.2) is 12.1 Å². The molecule has 3 nitrogen and oxygen atoms in total. The molecule has 0 aromatic heterocycles. The number of aryl methyl sites for hydroxylation is 2. The number of carbonyl (C=O) groups is 1. The average molecular weight is 234 g/mol. The summed E-state index contributed by atoms with van der Waals surface area (Å²) in [6, 6.07) is 4.11. The third-order valence-corrected chi connectivity index (χ3v) is 3.44. The predicted octanol–water partition coefficient (Wildman–Crippen LogP) is 1.70. The highest BCUT2D eigenvalue weighted by molar-refractivity contribution is 5.81. The molecular formula is C14H18O3. The summed E-state index contributed by atoms with van der Waals surface area (Å²) >= 11 is 0. The highest BCUT2D eigenvalue weighted by atomic mass is 16.5. The Hall–Kier alpha value is -1.35. The summed E-state index contributed by atoms with van der Waals surface area (Å²) in [6.45, 7) is 6.13. The normalized spacial score (nSPS) is 16.7. The molecule has 0 radical (unpaired) electrons. The fourth-order valence-electron chi connectivity index (χ4n) is 2.37. The molecule has 3 heteroatoms. The van der Waals surface area contributed by atoms with Crippen molar-refractivity contribution in [3.63, 3.8) is 0 Å². The monoisotopic (exact) mass is 234 g/mol. The summed E-state index contributed by atoms with van der Waals surface area (Å²) in [5, 5.41) is 10.3. The molecule has 0 unspecified atom stereocenters. The van der Waals surface area contributed by atoms with Gasteiger partial charge in [0.1, 0.15) is 0 Å². The van der Waals surface area contributed by atoms with Gasteiger partial charge in [0.25, 0.3) is 0 Å². The Morgan fingerprint density at radius 3 is 2.18 bits per heavy atom. The molecule has 0 atom stereocenters. The van der Waals surface area contributed by atoms with E-state index < -0.39 is 11.6 Å². The number of benzene rings is 1. The van der Waals surface area contributed by atoms with Gasteiger partial charge in [0, 0.05) is 12.8 Å². The van der Waals surface area contributed by atoms with Crippen LogP contribution < -0.4 is 0 Å². The number of fused-ring (bicyclic) bond motifs is 1. The van der Waals surface area contributed by atoms with Gasteiger partial charge in [-0.25, -0.2) is 4.79 Å². The molecule has 0 bridgehead atoms. The summed E-state index contributed by atoms with van der Waals surface area (Å²) in [6.07, 6.45) is 0.727. The lowest BCUT2D eigenvalue weighted by Crippen LogP contribution is -2.40. The van der Waals surface area contributed by atoms with E-state index in [2.05, 4.69) is 12.1 Å². The minimum atomic E-state index is -1.36. The first-order valence-electron chi connectivity index (χ1n) is 5.95. The SMILES string of the molecule is CCOC(=O)C1(O)Cc2cc(C)c(C)cc2C1. The molecule has 0 saturated carbocycles. The third-order valence-electron chi connectivity index (χ3n) is 3.44. The van der Waals surface area contributed by atoms with E-state index in [9.17, 15) is 9.90 Å². The molecule has 0 spiro atoms. The fraction of sp³-hybridized carbons (Fsp3) is 0.500. The van der Waals surface area contributed by atoms with E-state index in [1.54, 1.807) is 6.92 Å². The van der Waals surface area contributed by atoms with Gasteiger partial charge in [-0.3, -0.25) is 0 Å². The van der Waals surface area contributed by atoms with Crippen molar-refractivity contribution in [2.45, 2.75) is 39.2 Å². The maximum absolute atomic E-state index is 11.7. The van der Waals surface area contributed by atoms with Gasteiger partial charge in [-0.15, -0.1) is 0 Å². The van der Waals surface area contributed by atoms with Gasteiger partial charge in [-0.05, 0) is 43.0 Å². The van der Waals surface area contributed by atoms with Crippen molar-refractivity contribution in [3.8, 4) is 0 Å². The molecule has 0 amide bonds. The molecule has 17 heavy (non-hydrogen) atoms. The Labute approximate surface area is 101 Å². The van der Waals surface area contributed by atoms with Crippen molar-refractivity contribution in [2.75, 3.05) is 6.61 Å². The minimum absolute atomic E-state index is 0.301. The lowest BCUT2D eigenvalue weighted by Gasteiger charge is -2.19. The van der Waals surface area contributed by atoms with Crippen LogP contribution in [0.1, 0.15) is 29.2 Å². The van der Waals surface area contributed by atoms with Crippen molar-refractivity contribution < 1.29 is 14.6 Å². The van der Waals surface area contributed by atoms with Gasteiger partial charge in [-0.2, -0.15) is 0 Å². The number of aliphatic hydroxyl groups is 1. The van der Waals surface area contributed by atoms with Crippen molar-refractivity contribution in [2.24, 2.45) is 0 Å². The second-order valence-corrected chi connectivity index (χ2v) is 4.81. The van der Waals surface area contributed by atoms with Gasteiger partial charge >= 0.3 is 5.97 Å². The summed E-state index contributed by atoms with van der Waals surface area (Å²) in [5.41, 5.74) is 3.14. The second-order valence-electron chi connectivity index (χ2n) is 4.81. The Balaban J connectivity index is 2.29. The maximum atomic E-state index is 11.7. The van der Waals surface area contributed by atoms with Gasteiger partial charge in [-0.1, -0.05) is 12.1 Å². The molecule has 92 valence electrons. The third kappa shape index (κ3) is 2.07. The van der Waals surface area contributed by atoms with E-state index in [0.717, 1.165) is 11.1 Å². The summed E-state index contributed by atoms with van der Waals surface area (Å²) < 4.78 is 4.93. The van der Waals surface area contributed by atoms with Crippen LogP contribution in [0.3, 0.4) is 0 Å². The Kier molecular flexibility index (Phi) is 2.96. The molecule has 1 N–H and O–H groups in total. The fourth-order valence-corrected chi connectivity index (χ4v) is 2.37. The quantitative estimate of drug-likeness (QED) is 0.792. The molecule has 0 heterocycles. The number of carbonyl (C=O) groups excluding carboxylic acids is 1. The number of rotatable bonds is 2. The molecule has 2 rings (SSSR count). The standard InChI is InChI=1S/C14H18O3/c1-4-17-13(15)14(16)7-11-5-9(2)10(3)6-12(11)8-14/h5-6,16H,4,7-8H2,1-3H3. The van der Waals surface area contributed by atoms with Gasteiger partial charge in [0.05, 0.1) is 6.61 Å². The molecule has 1 aliphatic rings.